The summed E-state index contributed by atoms with van der Waals surface area (Å²) in [7, 11) is 1.64. The first-order chi connectivity index (χ1) is 11.8. The van der Waals surface area contributed by atoms with Gasteiger partial charge in [0.15, 0.2) is 0 Å². The molecular formula is C18H29N3O3. The lowest BCUT2D eigenvalue weighted by atomic mass is 10.1. The zero-order chi connectivity index (χ0) is 16.8. The number of methoxy groups -OCH3 is 1. The molecule has 2 aliphatic rings. The summed E-state index contributed by atoms with van der Waals surface area (Å²) in [6.07, 6.45) is 7.68. The van der Waals surface area contributed by atoms with Crippen LogP contribution in [0.5, 0.6) is 0 Å². The molecule has 0 aliphatic carbocycles. The molecule has 2 atom stereocenters. The van der Waals surface area contributed by atoms with Crippen molar-refractivity contribution in [3.63, 3.8) is 0 Å². The first-order valence-electron chi connectivity index (χ1n) is 9.10. The average molecular weight is 335 g/mol. The van der Waals surface area contributed by atoms with Crippen LogP contribution in [0.1, 0.15) is 43.9 Å². The predicted molar refractivity (Wildman–Crippen MR) is 91.9 cm³/mol. The predicted octanol–water partition coefficient (Wildman–Crippen LogP) is 2.63. The van der Waals surface area contributed by atoms with Crippen molar-refractivity contribution in [3.8, 4) is 0 Å². The van der Waals surface area contributed by atoms with Crippen molar-refractivity contribution in [2.24, 2.45) is 0 Å². The fourth-order valence-corrected chi connectivity index (χ4v) is 3.80. The lowest BCUT2D eigenvalue weighted by molar-refractivity contribution is 0.139. The maximum Gasteiger partial charge on any atom is 0.318 e. The second kappa shape index (κ2) is 8.53. The van der Waals surface area contributed by atoms with Crippen LogP contribution < -0.4 is 5.32 Å². The highest BCUT2D eigenvalue weighted by molar-refractivity contribution is 5.74. The number of likely N-dealkylation sites (tertiary alicyclic amines) is 2. The van der Waals surface area contributed by atoms with Crippen molar-refractivity contribution < 1.29 is 13.9 Å². The maximum absolute atomic E-state index is 12.8. The van der Waals surface area contributed by atoms with Crippen LogP contribution in [0, 0.1) is 0 Å². The second-order valence-electron chi connectivity index (χ2n) is 6.81. The van der Waals surface area contributed by atoms with Gasteiger partial charge in [0.1, 0.15) is 11.8 Å². The van der Waals surface area contributed by atoms with Crippen LogP contribution in [-0.2, 0) is 4.74 Å². The third-order valence-electron chi connectivity index (χ3n) is 5.11. The molecule has 0 saturated carbocycles. The summed E-state index contributed by atoms with van der Waals surface area (Å²) in [6, 6.07) is 3.95. The molecule has 134 valence electrons. The molecule has 1 N–H and O–H groups in total. The molecular weight excluding hydrogens is 306 g/mol. The average Bonchev–Trinajstić information content (AvgIpc) is 3.25. The van der Waals surface area contributed by atoms with Gasteiger partial charge >= 0.3 is 6.03 Å². The fraction of sp³-hybridized carbons (Fsp3) is 0.722. The van der Waals surface area contributed by atoms with E-state index in [4.69, 9.17) is 9.15 Å². The second-order valence-corrected chi connectivity index (χ2v) is 6.81. The van der Waals surface area contributed by atoms with Gasteiger partial charge in [-0.1, -0.05) is 6.42 Å². The Labute approximate surface area is 144 Å². The zero-order valence-electron chi connectivity index (χ0n) is 14.6. The topological polar surface area (TPSA) is 58.0 Å². The quantitative estimate of drug-likeness (QED) is 0.899. The summed E-state index contributed by atoms with van der Waals surface area (Å²) in [5.74, 6) is 0.733. The molecule has 2 saturated heterocycles. The molecule has 2 amide bonds. The highest BCUT2D eigenvalue weighted by Gasteiger charge is 2.29. The van der Waals surface area contributed by atoms with Gasteiger partial charge in [0, 0.05) is 26.2 Å². The van der Waals surface area contributed by atoms with Gasteiger partial charge in [0.25, 0.3) is 0 Å². The van der Waals surface area contributed by atoms with Crippen LogP contribution in [0.3, 0.4) is 0 Å². The van der Waals surface area contributed by atoms with Crippen molar-refractivity contribution >= 4 is 6.03 Å². The number of urea groups is 1. The first kappa shape index (κ1) is 17.3. The minimum Gasteiger partial charge on any atom is -0.467 e. The summed E-state index contributed by atoms with van der Waals surface area (Å²) >= 11 is 0. The Balaban J connectivity index is 1.61. The molecule has 1 aromatic heterocycles. The molecule has 1 aromatic rings. The summed E-state index contributed by atoms with van der Waals surface area (Å²) < 4.78 is 10.7. The maximum atomic E-state index is 12.8. The first-order valence-corrected chi connectivity index (χ1v) is 9.10. The number of hydrogen-bond acceptors (Lipinski definition) is 4. The van der Waals surface area contributed by atoms with Gasteiger partial charge in [0.2, 0.25) is 0 Å². The Hall–Kier alpha value is -1.53. The van der Waals surface area contributed by atoms with E-state index in [1.54, 1.807) is 13.4 Å². The molecule has 2 fully saturated rings. The molecule has 0 spiro atoms. The molecule has 0 aromatic carbocycles. The summed E-state index contributed by atoms with van der Waals surface area (Å²) in [4.78, 5) is 17.3. The van der Waals surface area contributed by atoms with Crippen molar-refractivity contribution in [1.29, 1.82) is 0 Å². The third-order valence-corrected chi connectivity index (χ3v) is 5.11. The molecule has 3 rings (SSSR count). The lowest BCUT2D eigenvalue weighted by Crippen LogP contribution is -2.48. The van der Waals surface area contributed by atoms with Crippen molar-refractivity contribution in [2.75, 3.05) is 39.9 Å². The number of rotatable bonds is 5. The van der Waals surface area contributed by atoms with Gasteiger partial charge in [-0.3, -0.25) is 4.90 Å². The lowest BCUT2D eigenvalue weighted by Gasteiger charge is -2.31. The molecule has 2 aliphatic heterocycles. The van der Waals surface area contributed by atoms with E-state index in [9.17, 15) is 4.79 Å². The van der Waals surface area contributed by atoms with E-state index in [2.05, 4.69) is 10.2 Å². The Morgan fingerprint density at radius 2 is 2.12 bits per heavy atom. The smallest absolute Gasteiger partial charge is 0.318 e. The molecule has 24 heavy (non-hydrogen) atoms. The minimum atomic E-state index is -0.244. The van der Waals surface area contributed by atoms with Crippen molar-refractivity contribution in [3.05, 3.63) is 24.2 Å². The number of furan rings is 1. The Morgan fingerprint density at radius 3 is 2.83 bits per heavy atom. The highest BCUT2D eigenvalue weighted by atomic mass is 16.5. The Bertz CT molecular complexity index is 500. The Kier molecular flexibility index (Phi) is 6.15. The largest absolute Gasteiger partial charge is 0.467 e. The number of amides is 2. The van der Waals surface area contributed by atoms with E-state index in [0.717, 1.165) is 25.3 Å². The number of ether oxygens (including phenoxy) is 1. The fourth-order valence-electron chi connectivity index (χ4n) is 3.80. The van der Waals surface area contributed by atoms with Crippen molar-refractivity contribution in [1.82, 2.24) is 15.1 Å². The van der Waals surface area contributed by atoms with Gasteiger partial charge in [0.05, 0.1) is 12.9 Å². The van der Waals surface area contributed by atoms with Gasteiger partial charge in [-0.25, -0.2) is 4.79 Å². The Morgan fingerprint density at radius 1 is 1.33 bits per heavy atom. The van der Waals surface area contributed by atoms with E-state index in [1.165, 1.54) is 38.8 Å². The number of carbonyl (C=O) groups is 1. The number of hydrogen-bond donors (Lipinski definition) is 1. The van der Waals surface area contributed by atoms with Gasteiger partial charge in [-0.2, -0.15) is 0 Å². The van der Waals surface area contributed by atoms with Gasteiger partial charge in [-0.05, 0) is 50.9 Å². The normalized spacial score (nSPS) is 23.9. The molecule has 0 radical (unpaired) electrons. The van der Waals surface area contributed by atoms with Crippen LogP contribution in [-0.4, -0.2) is 61.8 Å². The van der Waals surface area contributed by atoms with Crippen LogP contribution in [0.25, 0.3) is 0 Å². The number of nitrogens with zero attached hydrogens (tertiary/aromatic N) is 2. The molecule has 3 heterocycles. The SMILES string of the molecule is COCC(NC(=O)N1CCCCC(N2CCCC2)C1)c1ccco1. The zero-order valence-corrected chi connectivity index (χ0v) is 14.6. The molecule has 6 nitrogen and oxygen atoms in total. The van der Waals surface area contributed by atoms with Crippen LogP contribution in [0.4, 0.5) is 4.79 Å². The van der Waals surface area contributed by atoms with E-state index in [0.29, 0.717) is 12.6 Å². The summed E-state index contributed by atoms with van der Waals surface area (Å²) in [6.45, 7) is 4.41. The summed E-state index contributed by atoms with van der Waals surface area (Å²) in [5, 5.41) is 3.08. The van der Waals surface area contributed by atoms with Gasteiger partial charge < -0.3 is 19.4 Å². The number of nitrogens with one attached hydrogen (secondary N) is 1. The third kappa shape index (κ3) is 4.30. The number of carbonyl (C=O) groups excluding carboxylic acids is 1. The van der Waals surface area contributed by atoms with Gasteiger partial charge in [-0.15, -0.1) is 0 Å². The van der Waals surface area contributed by atoms with E-state index >= 15 is 0 Å². The molecule has 2 unspecified atom stereocenters. The van der Waals surface area contributed by atoms with Crippen LogP contribution >= 0.6 is 0 Å². The summed E-state index contributed by atoms with van der Waals surface area (Å²) in [5.41, 5.74) is 0. The highest BCUT2D eigenvalue weighted by Crippen LogP contribution is 2.21. The van der Waals surface area contributed by atoms with Crippen LogP contribution in [0.15, 0.2) is 22.8 Å². The standard InChI is InChI=1S/C18H29N3O3/c1-23-14-16(17-8-6-12-24-17)19-18(22)21-11-3-2-7-15(13-21)20-9-4-5-10-20/h6,8,12,15-16H,2-5,7,9-11,13-14H2,1H3,(H,19,22). The van der Waals surface area contributed by atoms with Crippen LogP contribution in [0.2, 0.25) is 0 Å². The van der Waals surface area contributed by atoms with E-state index in [-0.39, 0.29) is 12.1 Å². The van der Waals surface area contributed by atoms with E-state index < -0.39 is 0 Å². The minimum absolute atomic E-state index is 0.0143. The van der Waals surface area contributed by atoms with Crippen molar-refractivity contribution in [2.45, 2.75) is 44.2 Å². The molecule has 0 bridgehead atoms. The van der Waals surface area contributed by atoms with E-state index in [1.807, 2.05) is 17.0 Å². The monoisotopic (exact) mass is 335 g/mol. The molecule has 6 heteroatoms.